The number of Topliss-reactive ketones (excluding diaryl/α,β-unsaturated/α-hetero) is 1. The molecule has 6 nitrogen and oxygen atoms in total. The molecule has 154 valence electrons. The van der Waals surface area contributed by atoms with Gasteiger partial charge in [0.15, 0.2) is 5.78 Å². The van der Waals surface area contributed by atoms with Crippen molar-refractivity contribution in [1.29, 1.82) is 0 Å². The van der Waals surface area contributed by atoms with E-state index in [1.165, 1.54) is 19.1 Å². The second-order valence-corrected chi connectivity index (χ2v) is 6.98. The van der Waals surface area contributed by atoms with Gasteiger partial charge in [0.25, 0.3) is 0 Å². The van der Waals surface area contributed by atoms with E-state index in [-0.39, 0.29) is 30.1 Å². The number of hydrogen-bond acceptors (Lipinski definition) is 5. The molecule has 3 rings (SSSR count). The lowest BCUT2D eigenvalue weighted by molar-refractivity contribution is -0.139. The van der Waals surface area contributed by atoms with Gasteiger partial charge >= 0.3 is 5.97 Å². The summed E-state index contributed by atoms with van der Waals surface area (Å²) >= 11 is 6.00. The molecular formula is C23H20ClNO5. The quantitative estimate of drug-likeness (QED) is 0.264. The fourth-order valence-electron chi connectivity index (χ4n) is 2.93. The van der Waals surface area contributed by atoms with Crippen LogP contribution in [0.15, 0.2) is 58.9 Å². The normalized spacial score (nSPS) is 11.4. The van der Waals surface area contributed by atoms with Gasteiger partial charge in [-0.3, -0.25) is 9.59 Å². The number of aromatic nitrogens is 1. The summed E-state index contributed by atoms with van der Waals surface area (Å²) in [4.78, 5) is 38.3. The topological polar surface area (TPSA) is 85.5 Å². The lowest BCUT2D eigenvalue weighted by atomic mass is 10.1. The first kappa shape index (κ1) is 21.3. The summed E-state index contributed by atoms with van der Waals surface area (Å²) in [7, 11) is 0. The molecule has 30 heavy (non-hydrogen) atoms. The van der Waals surface area contributed by atoms with Crippen molar-refractivity contribution in [3.63, 3.8) is 0 Å². The Hall–Kier alpha value is -3.38. The van der Waals surface area contributed by atoms with Crippen LogP contribution < -0.4 is 10.3 Å². The van der Waals surface area contributed by atoms with Crippen LogP contribution in [0.2, 0.25) is 5.02 Å². The van der Waals surface area contributed by atoms with E-state index in [1.807, 2.05) is 6.07 Å². The zero-order valence-corrected chi connectivity index (χ0v) is 17.3. The Kier molecular flexibility index (Phi) is 6.69. The van der Waals surface area contributed by atoms with Gasteiger partial charge in [0.05, 0.1) is 12.1 Å². The van der Waals surface area contributed by atoms with Crippen molar-refractivity contribution in [1.82, 2.24) is 4.98 Å². The average Bonchev–Trinajstić information content (AvgIpc) is 2.70. The molecule has 0 aliphatic rings. The highest BCUT2D eigenvalue weighted by atomic mass is 35.5. The predicted octanol–water partition coefficient (Wildman–Crippen LogP) is 4.30. The number of esters is 1. The fourth-order valence-corrected chi connectivity index (χ4v) is 3.10. The minimum atomic E-state index is -0.647. The predicted molar refractivity (Wildman–Crippen MR) is 116 cm³/mol. The first-order chi connectivity index (χ1) is 14.4. The van der Waals surface area contributed by atoms with Crippen molar-refractivity contribution in [2.75, 3.05) is 6.61 Å². The molecule has 0 fully saturated rings. The molecule has 0 bridgehead atoms. The van der Waals surface area contributed by atoms with E-state index < -0.39 is 5.97 Å². The number of H-pyrrole nitrogens is 1. The van der Waals surface area contributed by atoms with Crippen LogP contribution in [0.5, 0.6) is 5.75 Å². The largest absolute Gasteiger partial charge is 0.489 e. The summed E-state index contributed by atoms with van der Waals surface area (Å²) in [6.45, 7) is 3.39. The third kappa shape index (κ3) is 5.15. The summed E-state index contributed by atoms with van der Waals surface area (Å²) in [6.07, 6.45) is 1.48. The molecule has 0 unspecified atom stereocenters. The zero-order valence-electron chi connectivity index (χ0n) is 16.5. The van der Waals surface area contributed by atoms with Gasteiger partial charge in [-0.2, -0.15) is 0 Å². The summed E-state index contributed by atoms with van der Waals surface area (Å²) in [6, 6.07) is 13.7. The van der Waals surface area contributed by atoms with E-state index in [0.717, 1.165) is 10.9 Å². The summed E-state index contributed by atoms with van der Waals surface area (Å²) in [5, 5.41) is 1.38. The van der Waals surface area contributed by atoms with Gasteiger partial charge < -0.3 is 14.5 Å². The van der Waals surface area contributed by atoms with Crippen molar-refractivity contribution in [2.24, 2.45) is 0 Å². The van der Waals surface area contributed by atoms with Crippen LogP contribution in [0.3, 0.4) is 0 Å². The maximum atomic E-state index is 11.9. The Morgan fingerprint density at radius 2 is 1.83 bits per heavy atom. The summed E-state index contributed by atoms with van der Waals surface area (Å²) < 4.78 is 10.7. The Balaban J connectivity index is 1.78. The van der Waals surface area contributed by atoms with E-state index in [4.69, 9.17) is 21.1 Å². The highest BCUT2D eigenvalue weighted by Gasteiger charge is 2.15. The number of nitrogens with one attached hydrogen (secondary N) is 1. The molecule has 0 saturated carbocycles. The lowest BCUT2D eigenvalue weighted by Gasteiger charge is -2.10. The van der Waals surface area contributed by atoms with Crippen LogP contribution >= 0.6 is 11.6 Å². The molecule has 7 heteroatoms. The lowest BCUT2D eigenvalue weighted by Crippen LogP contribution is -2.13. The first-order valence-corrected chi connectivity index (χ1v) is 9.69. The van der Waals surface area contributed by atoms with Crippen LogP contribution in [0.25, 0.3) is 17.0 Å². The van der Waals surface area contributed by atoms with Crippen molar-refractivity contribution in [3.05, 3.63) is 80.6 Å². The monoisotopic (exact) mass is 425 g/mol. The standard InChI is InChI=1S/C23H20ClNO5/c1-3-29-23(28)20(14(2)26)10-15-4-7-18(8-5-15)30-13-16-11-22(27)25-21-12-17(24)6-9-19(16)21/h4-12H,3,13H2,1-2H3,(H,25,27)/b20-10+. The molecule has 0 aliphatic carbocycles. The number of pyridine rings is 1. The number of carbonyl (C=O) groups excluding carboxylic acids is 2. The number of ketones is 1. The first-order valence-electron chi connectivity index (χ1n) is 9.31. The van der Waals surface area contributed by atoms with Crippen LogP contribution in [-0.4, -0.2) is 23.3 Å². The van der Waals surface area contributed by atoms with Crippen molar-refractivity contribution >= 4 is 40.3 Å². The molecule has 0 saturated heterocycles. The fraction of sp³-hybridized carbons (Fsp3) is 0.174. The smallest absolute Gasteiger partial charge is 0.341 e. The average molecular weight is 426 g/mol. The molecule has 0 amide bonds. The van der Waals surface area contributed by atoms with Crippen molar-refractivity contribution < 1.29 is 19.1 Å². The number of rotatable bonds is 7. The van der Waals surface area contributed by atoms with E-state index in [0.29, 0.717) is 21.9 Å². The maximum absolute atomic E-state index is 11.9. The molecule has 0 radical (unpaired) electrons. The Labute approximate surface area is 178 Å². The van der Waals surface area contributed by atoms with E-state index >= 15 is 0 Å². The van der Waals surface area contributed by atoms with Gasteiger partial charge in [0, 0.05) is 22.0 Å². The second kappa shape index (κ2) is 9.41. The minimum Gasteiger partial charge on any atom is -0.489 e. The Morgan fingerprint density at radius 3 is 2.50 bits per heavy atom. The third-order valence-corrected chi connectivity index (χ3v) is 4.59. The highest BCUT2D eigenvalue weighted by Crippen LogP contribution is 2.22. The van der Waals surface area contributed by atoms with Gasteiger partial charge in [-0.05, 0) is 49.8 Å². The number of benzene rings is 2. The summed E-state index contributed by atoms with van der Waals surface area (Å²) in [5.74, 6) is -0.434. The number of hydrogen-bond donors (Lipinski definition) is 1. The number of aromatic amines is 1. The summed E-state index contributed by atoms with van der Waals surface area (Å²) in [5.41, 5.74) is 1.79. The van der Waals surface area contributed by atoms with Crippen LogP contribution in [0, 0.1) is 0 Å². The maximum Gasteiger partial charge on any atom is 0.341 e. The van der Waals surface area contributed by atoms with Gasteiger partial charge in [0.2, 0.25) is 5.56 Å². The third-order valence-electron chi connectivity index (χ3n) is 4.35. The molecule has 1 N–H and O–H groups in total. The van der Waals surface area contributed by atoms with Crippen LogP contribution in [-0.2, 0) is 20.9 Å². The number of halogens is 1. The van der Waals surface area contributed by atoms with Crippen LogP contribution in [0.4, 0.5) is 0 Å². The molecule has 1 heterocycles. The van der Waals surface area contributed by atoms with Gasteiger partial charge in [-0.15, -0.1) is 0 Å². The number of fused-ring (bicyclic) bond motifs is 1. The zero-order chi connectivity index (χ0) is 21.7. The molecule has 0 aliphatic heterocycles. The van der Waals surface area contributed by atoms with Gasteiger partial charge in [-0.1, -0.05) is 29.8 Å². The molecule has 2 aromatic carbocycles. The number of ether oxygens (including phenoxy) is 2. The van der Waals surface area contributed by atoms with Crippen LogP contribution in [0.1, 0.15) is 25.0 Å². The highest BCUT2D eigenvalue weighted by molar-refractivity contribution is 6.31. The van der Waals surface area contributed by atoms with E-state index in [9.17, 15) is 14.4 Å². The SMILES string of the molecule is CCOC(=O)/C(=C/c1ccc(OCc2cc(=O)[nH]c3cc(Cl)ccc23)cc1)C(C)=O. The molecule has 0 spiro atoms. The Morgan fingerprint density at radius 1 is 1.10 bits per heavy atom. The molecule has 0 atom stereocenters. The van der Waals surface area contributed by atoms with E-state index in [2.05, 4.69) is 4.98 Å². The van der Waals surface area contributed by atoms with Gasteiger partial charge in [-0.25, -0.2) is 4.79 Å². The van der Waals surface area contributed by atoms with Crippen molar-refractivity contribution in [3.8, 4) is 5.75 Å². The molecule has 3 aromatic rings. The van der Waals surface area contributed by atoms with E-state index in [1.54, 1.807) is 43.3 Å². The second-order valence-electron chi connectivity index (χ2n) is 6.54. The number of carbonyl (C=O) groups is 2. The van der Waals surface area contributed by atoms with Gasteiger partial charge in [0.1, 0.15) is 17.9 Å². The molecular weight excluding hydrogens is 406 g/mol. The van der Waals surface area contributed by atoms with Crippen molar-refractivity contribution in [2.45, 2.75) is 20.5 Å². The molecule has 1 aromatic heterocycles. The minimum absolute atomic E-state index is 0.0147. The Bertz CT molecular complexity index is 1180.